The van der Waals surface area contributed by atoms with Gasteiger partial charge in [-0.05, 0) is 205 Å². The molecule has 1 spiro atoms. The molecule has 10 N–H and O–H groups in total. The van der Waals surface area contributed by atoms with Crippen molar-refractivity contribution < 1.29 is 34.8 Å². The lowest BCUT2D eigenvalue weighted by atomic mass is 9.40. The van der Waals surface area contributed by atoms with Crippen LogP contribution in [0.4, 0.5) is 0 Å². The minimum absolute atomic E-state index is 0.0344. The molecule has 12 rings (SSSR count). The molecule has 0 radical (unpaired) electrons. The molecule has 2 aliphatic heterocycles. The molecule has 80 heavy (non-hydrogen) atoms. The Labute approximate surface area is 473 Å². The second kappa shape index (κ2) is 22.4. The van der Waals surface area contributed by atoms with Crippen molar-refractivity contribution in [3.8, 4) is 23.3 Å². The highest BCUT2D eigenvalue weighted by Gasteiger charge is 2.65. The summed E-state index contributed by atoms with van der Waals surface area (Å²) in [5.41, 5.74) is 12.7. The van der Waals surface area contributed by atoms with Crippen LogP contribution in [0.2, 0.25) is 0 Å². The molecule has 0 amide bonds. The number of benzene rings is 3. The minimum Gasteiger partial charge on any atom is -0.504 e. The van der Waals surface area contributed by atoms with E-state index in [0.717, 1.165) is 79.2 Å². The number of aromatic nitrogens is 1. The first kappa shape index (κ1) is 55.1. The van der Waals surface area contributed by atoms with Crippen molar-refractivity contribution in [2.75, 3.05) is 33.3 Å². The topological polar surface area (TPSA) is 202 Å². The highest BCUT2D eigenvalue weighted by molar-refractivity contribution is 5.89. The maximum atomic E-state index is 15.3. The predicted octanol–water partition coefficient (Wildman–Crippen LogP) is 9.25. The molecule has 3 heterocycles. The second-order valence-electron chi connectivity index (χ2n) is 26.2. The number of ketones is 2. The van der Waals surface area contributed by atoms with Gasteiger partial charge in [-0.3, -0.25) is 9.59 Å². The summed E-state index contributed by atoms with van der Waals surface area (Å²) in [6.45, 7) is 12.0. The number of carbonyl (C=O) groups is 2. The molecule has 426 valence electrons. The average Bonchev–Trinajstić information content (AvgIpc) is 2.11. The summed E-state index contributed by atoms with van der Waals surface area (Å²) in [4.78, 5) is 32.4. The standard InChI is InChI=1S/C68H87N5O7/c1-6-37-33-73-59(69)32-50(37)60(42-14-13-38-10-8-9-11-39(38)26-42)48(16-12-36(3)4)66(78)56(76)27-41-20-23-68(58(77)19-15-40-28-57(80-5)55(75)31-49(40)41)24-21-45-47(67(68)79)18-17-44-52-35-72-54-30-43(74)29-51-46-22-25-71-65(46)64(63(52)62(51)54)53(61(44)45)34-70-7-2/h8-11,13-14,22,25-26,28,31-32,36,41,44-45,47-48,51-54,56,60-64,66-67,70-73,75-76,78-79H,6-7,12,15-19,21,24,27,29-30,33-35,69H2,1-5H3. The van der Waals surface area contributed by atoms with Crippen LogP contribution in [0, 0.1) is 76.4 Å². The first-order valence-corrected chi connectivity index (χ1v) is 30.8. The number of hydrogen-bond acceptors (Lipinski definition) is 11. The van der Waals surface area contributed by atoms with Gasteiger partial charge in [0, 0.05) is 61.5 Å². The second-order valence-corrected chi connectivity index (χ2v) is 26.2. The third-order valence-electron chi connectivity index (χ3n) is 22.0. The van der Waals surface area contributed by atoms with E-state index < -0.39 is 35.6 Å². The number of nitrogens with two attached hydrogens (primary N) is 1. The van der Waals surface area contributed by atoms with Crippen molar-refractivity contribution in [1.82, 2.24) is 20.9 Å². The zero-order valence-electron chi connectivity index (χ0n) is 47.7. The van der Waals surface area contributed by atoms with E-state index in [1.165, 1.54) is 23.9 Å². The zero-order valence-corrected chi connectivity index (χ0v) is 47.7. The van der Waals surface area contributed by atoms with Crippen molar-refractivity contribution in [3.05, 3.63) is 118 Å². The van der Waals surface area contributed by atoms with Crippen molar-refractivity contribution in [3.63, 3.8) is 0 Å². The number of Topliss-reactive ketones (excluding diaryl/α,β-unsaturated/α-hetero) is 2. The molecular weight excluding hydrogens is 999 g/mol. The van der Waals surface area contributed by atoms with E-state index in [-0.39, 0.29) is 54.1 Å². The fourth-order valence-electron chi connectivity index (χ4n) is 18.4. The number of aliphatic hydroxyl groups is 3. The van der Waals surface area contributed by atoms with Gasteiger partial charge in [0.05, 0.1) is 31.2 Å². The van der Waals surface area contributed by atoms with Crippen LogP contribution in [0.15, 0.2) is 89.9 Å². The molecule has 12 heteroatoms. The highest BCUT2D eigenvalue weighted by Crippen LogP contribution is 2.68. The zero-order chi connectivity index (χ0) is 55.7. The summed E-state index contributed by atoms with van der Waals surface area (Å²) >= 11 is 0. The molecule has 6 aliphatic carbocycles. The Hall–Kier alpha value is -5.42. The van der Waals surface area contributed by atoms with Gasteiger partial charge in [-0.2, -0.15) is 0 Å². The Morgan fingerprint density at radius 3 is 2.49 bits per heavy atom. The van der Waals surface area contributed by atoms with Crippen LogP contribution >= 0.6 is 0 Å². The number of allylic oxidation sites excluding steroid dienone is 2. The van der Waals surface area contributed by atoms with Gasteiger partial charge in [0.15, 0.2) is 17.3 Å². The van der Waals surface area contributed by atoms with Gasteiger partial charge in [0.1, 0.15) is 11.2 Å². The van der Waals surface area contributed by atoms with Crippen LogP contribution in [0.3, 0.4) is 0 Å². The number of nitrogens with one attached hydrogen (secondary N) is 4. The van der Waals surface area contributed by atoms with E-state index in [0.29, 0.717) is 109 Å². The lowest BCUT2D eigenvalue weighted by molar-refractivity contribution is -0.165. The van der Waals surface area contributed by atoms with Crippen LogP contribution in [0.5, 0.6) is 11.5 Å². The molecule has 18 unspecified atom stereocenters. The largest absolute Gasteiger partial charge is 0.504 e. The van der Waals surface area contributed by atoms with Gasteiger partial charge in [-0.25, -0.2) is 0 Å². The van der Waals surface area contributed by atoms with E-state index in [2.05, 4.69) is 103 Å². The Kier molecular flexibility index (Phi) is 15.4. The number of piperidine rings is 1. The number of ether oxygens (including phenoxy) is 1. The molecule has 12 nitrogen and oxygen atoms in total. The number of fused-ring (bicyclic) bond motifs is 9. The Balaban J connectivity index is 0.899. The van der Waals surface area contributed by atoms with Gasteiger partial charge in [0.2, 0.25) is 0 Å². The van der Waals surface area contributed by atoms with Crippen molar-refractivity contribution >= 4 is 22.3 Å². The maximum Gasteiger partial charge on any atom is 0.160 e. The van der Waals surface area contributed by atoms with Crippen LogP contribution < -0.4 is 26.4 Å². The number of dihydropyridines is 1. The maximum absolute atomic E-state index is 15.3. The molecule has 5 fully saturated rings. The number of H-pyrrole nitrogens is 1. The van der Waals surface area contributed by atoms with Gasteiger partial charge < -0.3 is 51.8 Å². The Bertz CT molecular complexity index is 3110. The molecule has 8 aliphatic rings. The van der Waals surface area contributed by atoms with E-state index in [9.17, 15) is 25.2 Å². The lowest BCUT2D eigenvalue weighted by Gasteiger charge is -2.66. The van der Waals surface area contributed by atoms with Gasteiger partial charge in [0.25, 0.3) is 0 Å². The van der Waals surface area contributed by atoms with Gasteiger partial charge in [-0.1, -0.05) is 88.4 Å². The normalized spacial score (nSPS) is 33.9. The Morgan fingerprint density at radius 1 is 0.900 bits per heavy atom. The number of rotatable bonds is 15. The first-order chi connectivity index (χ1) is 38.7. The minimum atomic E-state index is -1.33. The van der Waals surface area contributed by atoms with E-state index >= 15 is 4.79 Å². The third kappa shape index (κ3) is 9.53. The summed E-state index contributed by atoms with van der Waals surface area (Å²) in [7, 11) is 1.52. The van der Waals surface area contributed by atoms with Gasteiger partial charge in [-0.15, -0.1) is 0 Å². The van der Waals surface area contributed by atoms with E-state index in [4.69, 9.17) is 10.5 Å². The summed E-state index contributed by atoms with van der Waals surface area (Å²) in [6, 6.07) is 20.8. The lowest BCUT2D eigenvalue weighted by Crippen LogP contribution is -2.67. The molecule has 18 atom stereocenters. The fraction of sp³-hybridized carbons (Fsp3) is 0.588. The number of phenolic OH excluding ortho intramolecular Hbond substituents is 1. The van der Waals surface area contributed by atoms with Crippen molar-refractivity contribution in [2.45, 2.75) is 153 Å². The third-order valence-corrected chi connectivity index (χ3v) is 22.0. The fourth-order valence-corrected chi connectivity index (χ4v) is 18.4. The number of hydrogen-bond donors (Lipinski definition) is 9. The number of methoxy groups -OCH3 is 1. The van der Waals surface area contributed by atoms with Crippen molar-refractivity contribution in [2.24, 2.45) is 70.3 Å². The number of aryl methyl sites for hydroxylation is 1. The van der Waals surface area contributed by atoms with Crippen LogP contribution in [-0.4, -0.2) is 94.6 Å². The number of aliphatic hydroxyl groups excluding tert-OH is 3. The number of aromatic hydroxyl groups is 1. The summed E-state index contributed by atoms with van der Waals surface area (Å²) in [5.74, 6) is 10.2. The van der Waals surface area contributed by atoms with E-state index in [1.807, 2.05) is 18.2 Å². The first-order valence-electron chi connectivity index (χ1n) is 30.8. The smallest absolute Gasteiger partial charge is 0.160 e. The molecule has 1 aromatic heterocycles. The number of phenols is 1. The summed E-state index contributed by atoms with van der Waals surface area (Å²) in [5, 5.41) is 64.1. The predicted molar refractivity (Wildman–Crippen MR) is 313 cm³/mol. The molecular formula is C68H87N5O7. The summed E-state index contributed by atoms with van der Waals surface area (Å²) < 4.78 is 5.66. The quantitative estimate of drug-likeness (QED) is 0.0514. The average molecular weight is 1090 g/mol. The van der Waals surface area contributed by atoms with Crippen LogP contribution in [0.1, 0.15) is 150 Å². The van der Waals surface area contributed by atoms with Crippen LogP contribution in [0.25, 0.3) is 10.8 Å². The molecule has 4 saturated carbocycles. The monoisotopic (exact) mass is 1090 g/mol. The van der Waals surface area contributed by atoms with Crippen LogP contribution in [-0.2, 0) is 16.0 Å². The van der Waals surface area contributed by atoms with Crippen molar-refractivity contribution in [1.29, 1.82) is 0 Å². The molecule has 3 aromatic carbocycles. The highest BCUT2D eigenvalue weighted by atomic mass is 16.5. The number of carbonyl (C=O) groups excluding carboxylic acids is 2. The number of aromatic amines is 1. The summed E-state index contributed by atoms with van der Waals surface area (Å²) in [6.07, 6.45) is 7.69. The molecule has 4 aromatic rings. The van der Waals surface area contributed by atoms with Gasteiger partial charge >= 0.3 is 0 Å². The molecule has 0 bridgehead atoms. The SMILES string of the molecule is CCNCC1C2c3[nH]ccc3C3CC(=O)CC4NCC(C5CCC6C(CCC7(C#CC(CC(O)C(O)C(CCC(C)C)C(C8=C(CC)CNC(N)=C8)c8ccc9ccccc9c8)c8cc(O)c(OC)cc8CCC7=O)C6O)C51)C2C43. The van der Waals surface area contributed by atoms with E-state index in [1.54, 1.807) is 12.1 Å². The Morgan fingerprint density at radius 2 is 1.70 bits per heavy atom. The molecule has 1 saturated heterocycles.